The zero-order chi connectivity index (χ0) is 19.7. The Balaban J connectivity index is 1.52. The molecule has 0 bridgehead atoms. The van der Waals surface area contributed by atoms with Crippen molar-refractivity contribution in [3.8, 4) is 0 Å². The van der Waals surface area contributed by atoms with E-state index in [-0.39, 0.29) is 11.9 Å². The lowest BCUT2D eigenvalue weighted by Gasteiger charge is -2.37. The van der Waals surface area contributed by atoms with Gasteiger partial charge < -0.3 is 15.1 Å². The molecule has 0 aromatic heterocycles. The number of carbonyl (C=O) groups is 1. The molecule has 0 radical (unpaired) electrons. The molecule has 1 aliphatic heterocycles. The van der Waals surface area contributed by atoms with Crippen LogP contribution >= 0.6 is 11.6 Å². The van der Waals surface area contributed by atoms with Gasteiger partial charge in [0.05, 0.1) is 0 Å². The number of aryl methyl sites for hydroxylation is 1. The normalized spacial score (nSPS) is 20.0. The van der Waals surface area contributed by atoms with Gasteiger partial charge in [0.15, 0.2) is 0 Å². The number of fused-ring (bicyclic) bond motifs is 1. The molecule has 0 spiro atoms. The Morgan fingerprint density at radius 2 is 1.75 bits per heavy atom. The topological polar surface area (TPSA) is 35.6 Å². The predicted octanol–water partition coefficient (Wildman–Crippen LogP) is 3.69. The molecule has 2 aliphatic rings. The van der Waals surface area contributed by atoms with Crippen molar-refractivity contribution in [3.05, 3.63) is 63.7 Å². The van der Waals surface area contributed by atoms with Crippen LogP contribution in [0.3, 0.4) is 0 Å². The van der Waals surface area contributed by atoms with Crippen molar-refractivity contribution in [2.75, 3.05) is 38.1 Å². The van der Waals surface area contributed by atoms with Crippen molar-refractivity contribution in [3.63, 3.8) is 0 Å². The van der Waals surface area contributed by atoms with Gasteiger partial charge in [0.1, 0.15) is 0 Å². The zero-order valence-corrected chi connectivity index (χ0v) is 17.4. The summed E-state index contributed by atoms with van der Waals surface area (Å²) in [6.45, 7) is 6.53. The average molecular weight is 398 g/mol. The van der Waals surface area contributed by atoms with Crippen LogP contribution in [0.15, 0.2) is 36.4 Å². The number of hydrogen-bond acceptors (Lipinski definition) is 3. The van der Waals surface area contributed by atoms with Gasteiger partial charge >= 0.3 is 0 Å². The van der Waals surface area contributed by atoms with Gasteiger partial charge in [-0.1, -0.05) is 17.7 Å². The second kappa shape index (κ2) is 8.14. The maximum absolute atomic E-state index is 12.7. The largest absolute Gasteiger partial charge is 0.369 e. The van der Waals surface area contributed by atoms with E-state index in [0.717, 1.165) is 45.4 Å². The van der Waals surface area contributed by atoms with Crippen LogP contribution in [0.4, 0.5) is 5.69 Å². The third-order valence-electron chi connectivity index (χ3n) is 6.12. The highest BCUT2D eigenvalue weighted by atomic mass is 35.5. The lowest BCUT2D eigenvalue weighted by Crippen LogP contribution is -2.45. The summed E-state index contributed by atoms with van der Waals surface area (Å²) in [5.74, 6) is -0.0149. The summed E-state index contributed by atoms with van der Waals surface area (Å²) in [4.78, 5) is 17.6. The fourth-order valence-corrected chi connectivity index (χ4v) is 4.50. The molecular weight excluding hydrogens is 370 g/mol. The van der Waals surface area contributed by atoms with Crippen molar-refractivity contribution >= 4 is 23.2 Å². The maximum Gasteiger partial charge on any atom is 0.251 e. The summed E-state index contributed by atoms with van der Waals surface area (Å²) in [6, 6.07) is 11.8. The van der Waals surface area contributed by atoms with Gasteiger partial charge in [-0.3, -0.25) is 4.79 Å². The molecule has 1 heterocycles. The third kappa shape index (κ3) is 4.03. The number of benzene rings is 2. The molecule has 4 rings (SSSR count). The lowest BCUT2D eigenvalue weighted by molar-refractivity contribution is 0.0933. The van der Waals surface area contributed by atoms with Gasteiger partial charge in [0.2, 0.25) is 0 Å². The van der Waals surface area contributed by atoms with E-state index in [1.807, 2.05) is 0 Å². The molecule has 5 heteroatoms. The van der Waals surface area contributed by atoms with E-state index < -0.39 is 0 Å². The van der Waals surface area contributed by atoms with E-state index in [9.17, 15) is 4.79 Å². The van der Waals surface area contributed by atoms with Crippen LogP contribution < -0.4 is 10.2 Å². The smallest absolute Gasteiger partial charge is 0.251 e. The minimum Gasteiger partial charge on any atom is -0.369 e. The van der Waals surface area contributed by atoms with Crippen LogP contribution in [-0.2, 0) is 12.8 Å². The molecular formula is C23H28ClN3O. The Kier molecular flexibility index (Phi) is 5.61. The SMILES string of the molecule is Cc1ccc(N2CCN(C)CC2)c2c1CCC(NC(=O)c1ccc(Cl)cc1)C2. The number of likely N-dealkylation sites (N-methyl/N-ethyl adjacent to an activating group) is 1. The second-order valence-corrected chi connectivity index (χ2v) is 8.51. The summed E-state index contributed by atoms with van der Waals surface area (Å²) in [5, 5.41) is 3.89. The zero-order valence-electron chi connectivity index (χ0n) is 16.7. The Morgan fingerprint density at radius 3 is 2.46 bits per heavy atom. The van der Waals surface area contributed by atoms with Crippen LogP contribution in [0.25, 0.3) is 0 Å². The van der Waals surface area contributed by atoms with Crippen molar-refractivity contribution in [2.45, 2.75) is 32.2 Å². The summed E-state index contributed by atoms with van der Waals surface area (Å²) in [6.07, 6.45) is 2.91. The highest BCUT2D eigenvalue weighted by Gasteiger charge is 2.26. The minimum absolute atomic E-state index is 0.0149. The number of rotatable bonds is 3. The predicted molar refractivity (Wildman–Crippen MR) is 116 cm³/mol. The average Bonchev–Trinajstić information content (AvgIpc) is 2.70. The molecule has 28 heavy (non-hydrogen) atoms. The number of anilines is 1. The molecule has 1 N–H and O–H groups in total. The lowest BCUT2D eigenvalue weighted by atomic mass is 9.84. The van der Waals surface area contributed by atoms with E-state index >= 15 is 0 Å². The first-order valence-electron chi connectivity index (χ1n) is 10.1. The van der Waals surface area contributed by atoms with Crippen LogP contribution in [0.2, 0.25) is 5.02 Å². The van der Waals surface area contributed by atoms with E-state index in [1.165, 1.54) is 22.4 Å². The second-order valence-electron chi connectivity index (χ2n) is 8.07. The van der Waals surface area contributed by atoms with E-state index in [2.05, 4.69) is 41.2 Å². The first-order valence-corrected chi connectivity index (χ1v) is 10.5. The van der Waals surface area contributed by atoms with Crippen LogP contribution in [0, 0.1) is 6.92 Å². The molecule has 4 nitrogen and oxygen atoms in total. The molecule has 1 fully saturated rings. The number of halogens is 1. The van der Waals surface area contributed by atoms with Crippen molar-refractivity contribution < 1.29 is 4.79 Å². The van der Waals surface area contributed by atoms with Crippen LogP contribution in [-0.4, -0.2) is 50.1 Å². The molecule has 2 aromatic carbocycles. The standard InChI is InChI=1S/C23H28ClN3O/c1-16-3-10-22(27-13-11-26(2)12-14-27)21-15-19(8-9-20(16)21)25-23(28)17-4-6-18(24)7-5-17/h3-7,10,19H,8-9,11-15H2,1-2H3,(H,25,28). The molecule has 2 aromatic rings. The minimum atomic E-state index is -0.0149. The highest BCUT2D eigenvalue weighted by Crippen LogP contribution is 2.33. The van der Waals surface area contributed by atoms with Gasteiger partial charge in [-0.25, -0.2) is 0 Å². The first-order chi connectivity index (χ1) is 13.5. The van der Waals surface area contributed by atoms with Crippen molar-refractivity contribution in [1.29, 1.82) is 0 Å². The fraction of sp³-hybridized carbons (Fsp3) is 0.435. The number of nitrogens with zero attached hydrogens (tertiary/aromatic N) is 2. The Morgan fingerprint density at radius 1 is 1.04 bits per heavy atom. The van der Waals surface area contributed by atoms with E-state index in [1.54, 1.807) is 24.3 Å². The molecule has 1 unspecified atom stereocenters. The van der Waals surface area contributed by atoms with Crippen molar-refractivity contribution in [1.82, 2.24) is 10.2 Å². The Hall–Kier alpha value is -2.04. The maximum atomic E-state index is 12.7. The number of carbonyl (C=O) groups excluding carboxylic acids is 1. The summed E-state index contributed by atoms with van der Waals surface area (Å²) < 4.78 is 0. The van der Waals surface area contributed by atoms with Crippen molar-refractivity contribution in [2.24, 2.45) is 0 Å². The Bertz CT molecular complexity index is 857. The van der Waals surface area contributed by atoms with Gasteiger partial charge in [-0.15, -0.1) is 0 Å². The van der Waals surface area contributed by atoms with E-state index in [4.69, 9.17) is 11.6 Å². The molecule has 1 amide bonds. The Labute approximate surface area is 172 Å². The molecule has 1 saturated heterocycles. The number of hydrogen-bond donors (Lipinski definition) is 1. The number of piperazine rings is 1. The van der Waals surface area contributed by atoms with Gasteiger partial charge in [0, 0.05) is 48.5 Å². The van der Waals surface area contributed by atoms with Crippen LogP contribution in [0.1, 0.15) is 33.5 Å². The quantitative estimate of drug-likeness (QED) is 0.858. The monoisotopic (exact) mass is 397 g/mol. The molecule has 1 atom stereocenters. The van der Waals surface area contributed by atoms with Gasteiger partial charge in [-0.2, -0.15) is 0 Å². The first kappa shape index (κ1) is 19.3. The number of nitrogens with one attached hydrogen (secondary N) is 1. The van der Waals surface area contributed by atoms with Gasteiger partial charge in [0.25, 0.3) is 5.91 Å². The highest BCUT2D eigenvalue weighted by molar-refractivity contribution is 6.30. The summed E-state index contributed by atoms with van der Waals surface area (Å²) >= 11 is 5.94. The van der Waals surface area contributed by atoms with Gasteiger partial charge in [-0.05, 0) is 80.3 Å². The number of amides is 1. The molecule has 148 valence electrons. The fourth-order valence-electron chi connectivity index (χ4n) is 4.38. The van der Waals surface area contributed by atoms with Crippen LogP contribution in [0.5, 0.6) is 0 Å². The summed E-state index contributed by atoms with van der Waals surface area (Å²) in [5.41, 5.74) is 6.30. The third-order valence-corrected chi connectivity index (χ3v) is 6.37. The summed E-state index contributed by atoms with van der Waals surface area (Å²) in [7, 11) is 2.18. The molecule has 0 saturated carbocycles. The molecule has 1 aliphatic carbocycles. The van der Waals surface area contributed by atoms with E-state index in [0.29, 0.717) is 10.6 Å².